The number of aryl methyl sites for hydroxylation is 1. The molecule has 1 aliphatic heterocycles. The number of aliphatic imine (C=N–C) groups is 1. The van der Waals surface area contributed by atoms with Gasteiger partial charge >= 0.3 is 0 Å². The van der Waals surface area contributed by atoms with Crippen LogP contribution in [0.1, 0.15) is 15.9 Å². The molecule has 0 bridgehead atoms. The Balaban J connectivity index is 0.00000208. The van der Waals surface area contributed by atoms with E-state index in [2.05, 4.69) is 11.1 Å². The number of Topliss-reactive ketones (excluding diaryl/α,β-unsaturated/α-hetero) is 1. The Labute approximate surface area is 161 Å². The molecular formula is C18H18BrClN2OS. The summed E-state index contributed by atoms with van der Waals surface area (Å²) in [5.41, 5.74) is 2.83. The van der Waals surface area contributed by atoms with Gasteiger partial charge < -0.3 is 4.90 Å². The van der Waals surface area contributed by atoms with E-state index >= 15 is 0 Å². The second-order valence-corrected chi connectivity index (χ2v) is 6.87. The van der Waals surface area contributed by atoms with Gasteiger partial charge in [-0.25, -0.2) is 0 Å². The van der Waals surface area contributed by atoms with E-state index in [4.69, 9.17) is 11.6 Å². The average Bonchev–Trinajstić information content (AvgIpc) is 3.07. The van der Waals surface area contributed by atoms with Crippen molar-refractivity contribution in [3.63, 3.8) is 0 Å². The first-order chi connectivity index (χ1) is 11.1. The number of nitrogens with zero attached hydrogens (tertiary/aromatic N) is 2. The van der Waals surface area contributed by atoms with Crippen molar-refractivity contribution >= 4 is 57.0 Å². The molecule has 0 aromatic heterocycles. The van der Waals surface area contributed by atoms with Crippen molar-refractivity contribution in [1.29, 1.82) is 0 Å². The lowest BCUT2D eigenvalue weighted by Crippen LogP contribution is -2.33. The highest BCUT2D eigenvalue weighted by atomic mass is 79.9. The second-order valence-electron chi connectivity index (χ2n) is 5.37. The number of halogens is 2. The SMILES string of the molecule is Br.Cc1cccc(N(CC(=O)c2ccc(Cl)cc2)C2=NCCS2)c1. The number of rotatable bonds is 4. The number of hydrogen-bond donors (Lipinski definition) is 0. The number of anilines is 1. The number of amidine groups is 1. The molecule has 0 saturated carbocycles. The smallest absolute Gasteiger partial charge is 0.182 e. The summed E-state index contributed by atoms with van der Waals surface area (Å²) >= 11 is 7.59. The highest BCUT2D eigenvalue weighted by Crippen LogP contribution is 2.24. The first-order valence-corrected chi connectivity index (χ1v) is 8.80. The van der Waals surface area contributed by atoms with Crippen molar-refractivity contribution in [3.8, 4) is 0 Å². The third kappa shape index (κ3) is 4.62. The molecule has 0 aliphatic carbocycles. The zero-order chi connectivity index (χ0) is 16.2. The van der Waals surface area contributed by atoms with Gasteiger partial charge in [-0.15, -0.1) is 17.0 Å². The molecule has 1 heterocycles. The summed E-state index contributed by atoms with van der Waals surface area (Å²) in [6.07, 6.45) is 0. The lowest BCUT2D eigenvalue weighted by molar-refractivity contribution is 0.100. The normalized spacial score (nSPS) is 13.2. The largest absolute Gasteiger partial charge is 0.313 e. The van der Waals surface area contributed by atoms with E-state index in [9.17, 15) is 4.79 Å². The van der Waals surface area contributed by atoms with Gasteiger partial charge in [0.05, 0.1) is 13.1 Å². The summed E-state index contributed by atoms with van der Waals surface area (Å²) in [5, 5.41) is 1.55. The third-order valence-electron chi connectivity index (χ3n) is 3.58. The topological polar surface area (TPSA) is 32.7 Å². The van der Waals surface area contributed by atoms with Crippen LogP contribution in [-0.4, -0.2) is 29.8 Å². The minimum absolute atomic E-state index is 0. The van der Waals surface area contributed by atoms with Gasteiger partial charge in [-0.3, -0.25) is 9.79 Å². The van der Waals surface area contributed by atoms with Gasteiger partial charge in [0, 0.05) is 22.0 Å². The minimum Gasteiger partial charge on any atom is -0.313 e. The molecule has 1 aliphatic rings. The number of hydrogen-bond acceptors (Lipinski definition) is 4. The lowest BCUT2D eigenvalue weighted by Gasteiger charge is -2.23. The van der Waals surface area contributed by atoms with Crippen molar-refractivity contribution in [2.45, 2.75) is 6.92 Å². The average molecular weight is 426 g/mol. The van der Waals surface area contributed by atoms with Gasteiger partial charge in [-0.2, -0.15) is 0 Å². The Morgan fingerprint density at radius 2 is 2.00 bits per heavy atom. The van der Waals surface area contributed by atoms with Crippen LogP contribution in [0.15, 0.2) is 53.5 Å². The Morgan fingerprint density at radius 3 is 2.62 bits per heavy atom. The van der Waals surface area contributed by atoms with Gasteiger partial charge in [-0.05, 0) is 48.9 Å². The highest BCUT2D eigenvalue weighted by Gasteiger charge is 2.21. The number of benzene rings is 2. The van der Waals surface area contributed by atoms with Crippen molar-refractivity contribution in [3.05, 3.63) is 64.7 Å². The summed E-state index contributed by atoms with van der Waals surface area (Å²) in [4.78, 5) is 19.2. The van der Waals surface area contributed by atoms with E-state index in [1.807, 2.05) is 30.0 Å². The van der Waals surface area contributed by atoms with E-state index < -0.39 is 0 Å². The molecule has 0 spiro atoms. The Bertz CT molecular complexity index is 749. The van der Waals surface area contributed by atoms with Gasteiger partial charge in [0.25, 0.3) is 0 Å². The maximum atomic E-state index is 12.6. The van der Waals surface area contributed by atoms with Crippen molar-refractivity contribution < 1.29 is 4.79 Å². The van der Waals surface area contributed by atoms with Crippen molar-refractivity contribution in [2.24, 2.45) is 4.99 Å². The summed E-state index contributed by atoms with van der Waals surface area (Å²) < 4.78 is 0. The molecule has 0 radical (unpaired) electrons. The molecule has 126 valence electrons. The molecule has 0 amide bonds. The summed E-state index contributed by atoms with van der Waals surface area (Å²) in [6.45, 7) is 3.13. The summed E-state index contributed by atoms with van der Waals surface area (Å²) in [6, 6.07) is 15.2. The van der Waals surface area contributed by atoms with Crippen LogP contribution in [0.2, 0.25) is 5.02 Å². The fraction of sp³-hybridized carbons (Fsp3) is 0.222. The molecule has 0 atom stereocenters. The second kappa shape index (κ2) is 8.70. The zero-order valence-electron chi connectivity index (χ0n) is 13.2. The maximum absolute atomic E-state index is 12.6. The summed E-state index contributed by atoms with van der Waals surface area (Å²) in [5.74, 6) is 1.02. The molecule has 0 N–H and O–H groups in total. The number of carbonyl (C=O) groups excluding carboxylic acids is 1. The molecule has 0 unspecified atom stereocenters. The third-order valence-corrected chi connectivity index (χ3v) is 4.83. The van der Waals surface area contributed by atoms with E-state index in [0.29, 0.717) is 10.6 Å². The quantitative estimate of drug-likeness (QED) is 0.645. The molecule has 2 aromatic carbocycles. The van der Waals surface area contributed by atoms with Gasteiger partial charge in [0.2, 0.25) is 0 Å². The van der Waals surface area contributed by atoms with E-state index in [-0.39, 0.29) is 29.3 Å². The van der Waals surface area contributed by atoms with Gasteiger partial charge in [0.15, 0.2) is 11.0 Å². The molecular weight excluding hydrogens is 408 g/mol. The fourth-order valence-electron chi connectivity index (χ4n) is 2.42. The predicted octanol–water partition coefficient (Wildman–Crippen LogP) is 5.02. The van der Waals surface area contributed by atoms with Crippen LogP contribution < -0.4 is 4.90 Å². The van der Waals surface area contributed by atoms with Crippen LogP contribution in [0.3, 0.4) is 0 Å². The maximum Gasteiger partial charge on any atom is 0.182 e. The van der Waals surface area contributed by atoms with Crippen LogP contribution in [0.4, 0.5) is 5.69 Å². The van der Waals surface area contributed by atoms with Crippen molar-refractivity contribution in [2.75, 3.05) is 23.7 Å². The first-order valence-electron chi connectivity index (χ1n) is 7.44. The molecule has 6 heteroatoms. The molecule has 3 nitrogen and oxygen atoms in total. The first kappa shape index (κ1) is 19.0. The van der Waals surface area contributed by atoms with E-state index in [0.717, 1.165) is 28.7 Å². The molecule has 3 rings (SSSR count). The molecule has 24 heavy (non-hydrogen) atoms. The number of thioether (sulfide) groups is 1. The molecule has 0 fully saturated rings. The molecule has 2 aromatic rings. The number of carbonyl (C=O) groups is 1. The lowest BCUT2D eigenvalue weighted by atomic mass is 10.1. The van der Waals surface area contributed by atoms with Crippen LogP contribution in [0.25, 0.3) is 0 Å². The van der Waals surface area contributed by atoms with Crippen LogP contribution in [0, 0.1) is 6.92 Å². The van der Waals surface area contributed by atoms with Crippen molar-refractivity contribution in [1.82, 2.24) is 0 Å². The standard InChI is InChI=1S/C18H17ClN2OS.BrH/c1-13-3-2-4-16(11-13)21(18-20-9-10-23-18)12-17(22)14-5-7-15(19)8-6-14;/h2-8,11H,9-10,12H2,1H3;1H. The molecule has 0 saturated heterocycles. The van der Waals surface area contributed by atoms with E-state index in [1.165, 1.54) is 0 Å². The Kier molecular flexibility index (Phi) is 6.90. The predicted molar refractivity (Wildman–Crippen MR) is 109 cm³/mol. The van der Waals surface area contributed by atoms with E-state index in [1.54, 1.807) is 36.0 Å². The fourth-order valence-corrected chi connectivity index (χ4v) is 3.42. The van der Waals surface area contributed by atoms with Gasteiger partial charge in [-0.1, -0.05) is 35.5 Å². The number of ketones is 1. The summed E-state index contributed by atoms with van der Waals surface area (Å²) in [7, 11) is 0. The Morgan fingerprint density at radius 1 is 1.25 bits per heavy atom. The van der Waals surface area contributed by atoms with Crippen LogP contribution in [0.5, 0.6) is 0 Å². The highest BCUT2D eigenvalue weighted by molar-refractivity contribution is 8.93. The Hall–Kier alpha value is -1.30. The minimum atomic E-state index is 0. The van der Waals surface area contributed by atoms with Gasteiger partial charge in [0.1, 0.15) is 0 Å². The zero-order valence-corrected chi connectivity index (χ0v) is 16.5. The van der Waals surface area contributed by atoms with Crippen LogP contribution >= 0.6 is 40.3 Å². The monoisotopic (exact) mass is 424 g/mol. The van der Waals surface area contributed by atoms with Crippen LogP contribution in [-0.2, 0) is 0 Å².